The van der Waals surface area contributed by atoms with Gasteiger partial charge in [-0.1, -0.05) is 11.8 Å². The molecule has 110 valence electrons. The number of hydrogen-bond donors (Lipinski definition) is 1. The predicted molar refractivity (Wildman–Crippen MR) is 82.0 cm³/mol. The normalized spacial score (nSPS) is 10.0. The molecule has 0 saturated carbocycles. The lowest BCUT2D eigenvalue weighted by Crippen LogP contribution is -2.06. The standard InChI is InChI=1S/C17H20N2O2/c1-3-19-16(12-14(2)18-19)13-21-17-9-7-15(8-10-17)6-4-5-11-20/h7-10,12,20H,3,5,11,13H2,1-2H3. The molecule has 2 rings (SSSR count). The van der Waals surface area contributed by atoms with Crippen LogP contribution in [0.2, 0.25) is 0 Å². The Balaban J connectivity index is 1.96. The monoisotopic (exact) mass is 284 g/mol. The average Bonchev–Trinajstić information content (AvgIpc) is 2.87. The second kappa shape index (κ2) is 7.51. The number of benzene rings is 1. The summed E-state index contributed by atoms with van der Waals surface area (Å²) in [5.74, 6) is 6.69. The van der Waals surface area contributed by atoms with Crippen molar-refractivity contribution in [3.63, 3.8) is 0 Å². The summed E-state index contributed by atoms with van der Waals surface area (Å²) in [5, 5.41) is 13.1. The van der Waals surface area contributed by atoms with Crippen LogP contribution in [0.4, 0.5) is 0 Å². The summed E-state index contributed by atoms with van der Waals surface area (Å²) in [6.07, 6.45) is 0.499. The molecule has 0 amide bonds. The van der Waals surface area contributed by atoms with Crippen LogP contribution in [0.15, 0.2) is 30.3 Å². The summed E-state index contributed by atoms with van der Waals surface area (Å²) >= 11 is 0. The molecule has 0 fully saturated rings. The van der Waals surface area contributed by atoms with E-state index in [4.69, 9.17) is 9.84 Å². The maximum absolute atomic E-state index is 8.68. The van der Waals surface area contributed by atoms with E-state index in [1.807, 2.05) is 41.9 Å². The average molecular weight is 284 g/mol. The maximum atomic E-state index is 8.68. The molecule has 0 spiro atoms. The fourth-order valence-electron chi connectivity index (χ4n) is 2.00. The lowest BCUT2D eigenvalue weighted by molar-refractivity contribution is 0.292. The van der Waals surface area contributed by atoms with Gasteiger partial charge in [-0.25, -0.2) is 0 Å². The van der Waals surface area contributed by atoms with Gasteiger partial charge in [0.05, 0.1) is 18.0 Å². The van der Waals surface area contributed by atoms with Gasteiger partial charge in [0.2, 0.25) is 0 Å². The molecule has 0 aliphatic heterocycles. The third kappa shape index (κ3) is 4.37. The summed E-state index contributed by atoms with van der Waals surface area (Å²) < 4.78 is 7.73. The van der Waals surface area contributed by atoms with Crippen molar-refractivity contribution in [1.29, 1.82) is 0 Å². The molecule has 0 saturated heterocycles. The highest BCUT2D eigenvalue weighted by Gasteiger charge is 2.04. The van der Waals surface area contributed by atoms with Crippen LogP contribution in [-0.2, 0) is 13.2 Å². The molecule has 1 aromatic heterocycles. The smallest absolute Gasteiger partial charge is 0.130 e. The van der Waals surface area contributed by atoms with Crippen molar-refractivity contribution in [2.24, 2.45) is 0 Å². The van der Waals surface area contributed by atoms with Crippen LogP contribution in [0, 0.1) is 18.8 Å². The predicted octanol–water partition coefficient (Wildman–Crippen LogP) is 2.52. The number of aliphatic hydroxyl groups excluding tert-OH is 1. The van der Waals surface area contributed by atoms with Gasteiger partial charge in [-0.2, -0.15) is 5.10 Å². The molecule has 4 nitrogen and oxygen atoms in total. The number of nitrogens with zero attached hydrogens (tertiary/aromatic N) is 2. The zero-order valence-electron chi connectivity index (χ0n) is 12.5. The highest BCUT2D eigenvalue weighted by Crippen LogP contribution is 2.14. The molecular weight excluding hydrogens is 264 g/mol. The summed E-state index contributed by atoms with van der Waals surface area (Å²) in [6, 6.07) is 9.69. The van der Waals surface area contributed by atoms with Crippen LogP contribution in [0.25, 0.3) is 0 Å². The highest BCUT2D eigenvalue weighted by molar-refractivity contribution is 5.38. The molecule has 0 aliphatic carbocycles. The van der Waals surface area contributed by atoms with Gasteiger partial charge >= 0.3 is 0 Å². The van der Waals surface area contributed by atoms with Gasteiger partial charge in [-0.3, -0.25) is 4.68 Å². The van der Waals surface area contributed by atoms with Gasteiger partial charge in [0.25, 0.3) is 0 Å². The number of rotatable bonds is 5. The van der Waals surface area contributed by atoms with Crippen molar-refractivity contribution in [2.75, 3.05) is 6.61 Å². The first-order chi connectivity index (χ1) is 10.2. The van der Waals surface area contributed by atoms with Crippen LogP contribution in [0.5, 0.6) is 5.75 Å². The van der Waals surface area contributed by atoms with Crippen molar-refractivity contribution < 1.29 is 9.84 Å². The van der Waals surface area contributed by atoms with Crippen LogP contribution in [-0.4, -0.2) is 21.5 Å². The molecule has 0 aliphatic rings. The molecule has 4 heteroatoms. The fraction of sp³-hybridized carbons (Fsp3) is 0.353. The molecule has 1 N–H and O–H groups in total. The minimum Gasteiger partial charge on any atom is -0.487 e. The van der Waals surface area contributed by atoms with Crippen molar-refractivity contribution in [3.05, 3.63) is 47.3 Å². The van der Waals surface area contributed by atoms with Crippen LogP contribution in [0.1, 0.15) is 30.3 Å². The van der Waals surface area contributed by atoms with Gasteiger partial charge < -0.3 is 9.84 Å². The van der Waals surface area contributed by atoms with E-state index in [9.17, 15) is 0 Å². The summed E-state index contributed by atoms with van der Waals surface area (Å²) in [7, 11) is 0. The van der Waals surface area contributed by atoms with Crippen molar-refractivity contribution in [2.45, 2.75) is 33.4 Å². The minimum absolute atomic E-state index is 0.0960. The highest BCUT2D eigenvalue weighted by atomic mass is 16.5. The van der Waals surface area contributed by atoms with Crippen molar-refractivity contribution >= 4 is 0 Å². The van der Waals surface area contributed by atoms with E-state index in [1.54, 1.807) is 0 Å². The van der Waals surface area contributed by atoms with Gasteiger partial charge in [-0.15, -0.1) is 0 Å². The zero-order valence-corrected chi connectivity index (χ0v) is 12.5. The molecule has 0 unspecified atom stereocenters. The SMILES string of the molecule is CCn1nc(C)cc1COc1ccc(C#CCCO)cc1. The number of aryl methyl sites for hydroxylation is 2. The lowest BCUT2D eigenvalue weighted by Gasteiger charge is -2.07. The second-order valence-electron chi connectivity index (χ2n) is 4.68. The molecular formula is C17H20N2O2. The van der Waals surface area contributed by atoms with Crippen LogP contribution >= 0.6 is 0 Å². The quantitative estimate of drug-likeness (QED) is 0.858. The zero-order chi connectivity index (χ0) is 15.1. The van der Waals surface area contributed by atoms with Gasteiger partial charge in [0, 0.05) is 18.5 Å². The van der Waals surface area contributed by atoms with Crippen molar-refractivity contribution in [1.82, 2.24) is 9.78 Å². The Kier molecular flexibility index (Phi) is 5.42. The molecule has 1 heterocycles. The first-order valence-electron chi connectivity index (χ1n) is 7.09. The van der Waals surface area contributed by atoms with E-state index in [-0.39, 0.29) is 6.61 Å². The topological polar surface area (TPSA) is 47.3 Å². The second-order valence-corrected chi connectivity index (χ2v) is 4.68. The van der Waals surface area contributed by atoms with E-state index in [2.05, 4.69) is 23.9 Å². The fourth-order valence-corrected chi connectivity index (χ4v) is 2.00. The first-order valence-corrected chi connectivity index (χ1v) is 7.09. The number of aliphatic hydroxyl groups is 1. The summed E-state index contributed by atoms with van der Waals surface area (Å²) in [4.78, 5) is 0. The summed E-state index contributed by atoms with van der Waals surface area (Å²) in [6.45, 7) is 5.49. The molecule has 0 bridgehead atoms. The molecule has 0 atom stereocenters. The van der Waals surface area contributed by atoms with E-state index >= 15 is 0 Å². The van der Waals surface area contributed by atoms with Gasteiger partial charge in [0.1, 0.15) is 12.4 Å². The van der Waals surface area contributed by atoms with E-state index in [0.717, 1.165) is 29.2 Å². The third-order valence-electron chi connectivity index (χ3n) is 3.00. The van der Waals surface area contributed by atoms with Crippen LogP contribution < -0.4 is 4.74 Å². The Morgan fingerprint density at radius 1 is 1.29 bits per heavy atom. The molecule has 1 aromatic carbocycles. The Morgan fingerprint density at radius 3 is 2.71 bits per heavy atom. The van der Waals surface area contributed by atoms with E-state index in [0.29, 0.717) is 13.0 Å². The Labute approximate surface area is 125 Å². The van der Waals surface area contributed by atoms with E-state index < -0.39 is 0 Å². The molecule has 0 radical (unpaired) electrons. The molecule has 2 aromatic rings. The number of ether oxygens (including phenoxy) is 1. The Hall–Kier alpha value is -2.25. The lowest BCUT2D eigenvalue weighted by atomic mass is 10.2. The van der Waals surface area contributed by atoms with Crippen molar-refractivity contribution in [3.8, 4) is 17.6 Å². The third-order valence-corrected chi connectivity index (χ3v) is 3.00. The first kappa shape index (κ1) is 15.1. The Bertz CT molecular complexity index is 633. The Morgan fingerprint density at radius 2 is 2.05 bits per heavy atom. The maximum Gasteiger partial charge on any atom is 0.130 e. The summed E-state index contributed by atoms with van der Waals surface area (Å²) in [5.41, 5.74) is 3.00. The van der Waals surface area contributed by atoms with Gasteiger partial charge in [0.15, 0.2) is 0 Å². The van der Waals surface area contributed by atoms with Crippen LogP contribution in [0.3, 0.4) is 0 Å². The van der Waals surface area contributed by atoms with E-state index in [1.165, 1.54) is 0 Å². The minimum atomic E-state index is 0.0960. The largest absolute Gasteiger partial charge is 0.487 e. The van der Waals surface area contributed by atoms with Gasteiger partial charge in [-0.05, 0) is 44.2 Å². The molecule has 21 heavy (non-hydrogen) atoms. The number of hydrogen-bond acceptors (Lipinski definition) is 3. The number of aromatic nitrogens is 2.